The van der Waals surface area contributed by atoms with E-state index in [1.54, 1.807) is 6.33 Å². The van der Waals surface area contributed by atoms with Gasteiger partial charge in [-0.1, -0.05) is 37.3 Å². The van der Waals surface area contributed by atoms with Gasteiger partial charge in [0, 0.05) is 45.7 Å². The molecule has 0 atom stereocenters. The number of ether oxygens (including phenoxy) is 1. The number of benzene rings is 1. The number of halogens is 1. The Morgan fingerprint density at radius 2 is 1.84 bits per heavy atom. The maximum Gasteiger partial charge on any atom is 0.191 e. The molecule has 178 valence electrons. The molecule has 1 aromatic carbocycles. The zero-order valence-electron chi connectivity index (χ0n) is 19.2. The van der Waals surface area contributed by atoms with Gasteiger partial charge in [0.15, 0.2) is 5.96 Å². The molecule has 1 aromatic heterocycles. The lowest BCUT2D eigenvalue weighted by molar-refractivity contribution is 0.0376. The highest BCUT2D eigenvalue weighted by Crippen LogP contribution is 2.02. The molecule has 8 nitrogen and oxygen atoms in total. The van der Waals surface area contributed by atoms with E-state index in [4.69, 9.17) is 9.73 Å². The van der Waals surface area contributed by atoms with Crippen LogP contribution in [0.15, 0.2) is 41.7 Å². The molecule has 0 aliphatic carbocycles. The van der Waals surface area contributed by atoms with E-state index in [0.717, 1.165) is 96.5 Å². The maximum atomic E-state index is 5.43. The van der Waals surface area contributed by atoms with Gasteiger partial charge < -0.3 is 19.9 Å². The largest absolute Gasteiger partial charge is 0.379 e. The smallest absolute Gasteiger partial charge is 0.191 e. The molecule has 1 aliphatic heterocycles. The third-order valence-corrected chi connectivity index (χ3v) is 5.44. The third kappa shape index (κ3) is 9.83. The second-order valence-electron chi connectivity index (χ2n) is 7.77. The molecule has 2 aromatic rings. The molecular weight excluding hydrogens is 517 g/mol. The van der Waals surface area contributed by atoms with Gasteiger partial charge in [-0.25, -0.2) is 0 Å². The van der Waals surface area contributed by atoms with Crippen LogP contribution in [0.5, 0.6) is 0 Å². The Balaban J connectivity index is 0.00000363. The van der Waals surface area contributed by atoms with E-state index in [1.165, 1.54) is 5.56 Å². The van der Waals surface area contributed by atoms with Crippen LogP contribution in [0.3, 0.4) is 0 Å². The molecule has 1 aliphatic rings. The molecule has 0 spiro atoms. The predicted octanol–water partition coefficient (Wildman–Crippen LogP) is 2.35. The Kier molecular flexibility index (Phi) is 13.2. The Hall–Kier alpha value is -1.72. The van der Waals surface area contributed by atoms with E-state index < -0.39 is 0 Å². The fraction of sp³-hybridized carbons (Fsp3) is 0.609. The Morgan fingerprint density at radius 1 is 1.06 bits per heavy atom. The number of aromatic nitrogens is 3. The predicted molar refractivity (Wildman–Crippen MR) is 140 cm³/mol. The van der Waals surface area contributed by atoms with Crippen molar-refractivity contribution in [3.63, 3.8) is 0 Å². The molecule has 2 N–H and O–H groups in total. The summed E-state index contributed by atoms with van der Waals surface area (Å²) in [6.07, 6.45) is 5.87. The standard InChI is InChI=1S/C23H37N7O.HI/c1-2-22-28-27-20-30(22)15-13-26-23(24-11-6-10-21-8-4-3-5-9-21)25-12-7-14-29-16-18-31-19-17-29;/h3-5,8-9,20H,2,6-7,10-19H2,1H3,(H2,24,25,26);1H. The first-order valence-corrected chi connectivity index (χ1v) is 11.6. The average molecular weight is 556 g/mol. The van der Waals surface area contributed by atoms with Crippen molar-refractivity contribution < 1.29 is 4.74 Å². The van der Waals surface area contributed by atoms with E-state index in [9.17, 15) is 0 Å². The molecule has 0 radical (unpaired) electrons. The molecular formula is C23H38IN7O. The van der Waals surface area contributed by atoms with Gasteiger partial charge in [-0.2, -0.15) is 0 Å². The van der Waals surface area contributed by atoms with E-state index in [2.05, 4.69) is 67.6 Å². The highest BCUT2D eigenvalue weighted by molar-refractivity contribution is 14.0. The van der Waals surface area contributed by atoms with Crippen LogP contribution in [0.4, 0.5) is 0 Å². The topological polar surface area (TPSA) is 79.6 Å². The number of morpholine rings is 1. The van der Waals surface area contributed by atoms with E-state index in [0.29, 0.717) is 0 Å². The lowest BCUT2D eigenvalue weighted by atomic mass is 10.1. The second-order valence-corrected chi connectivity index (χ2v) is 7.77. The Bertz CT molecular complexity index is 763. The minimum atomic E-state index is 0. The summed E-state index contributed by atoms with van der Waals surface area (Å²) in [5.74, 6) is 1.91. The number of nitrogens with one attached hydrogen (secondary N) is 2. The van der Waals surface area contributed by atoms with Gasteiger partial charge in [0.05, 0.1) is 13.2 Å². The quantitative estimate of drug-likeness (QED) is 0.181. The van der Waals surface area contributed by atoms with E-state index in [1.807, 2.05) is 0 Å². The zero-order valence-corrected chi connectivity index (χ0v) is 21.5. The number of nitrogens with zero attached hydrogens (tertiary/aromatic N) is 5. The SMILES string of the molecule is CCc1nncn1CCNC(=NCCCc1ccccc1)NCCCN1CCOCC1.I. The van der Waals surface area contributed by atoms with Crippen LogP contribution < -0.4 is 10.6 Å². The molecule has 9 heteroatoms. The first-order valence-electron chi connectivity index (χ1n) is 11.6. The Morgan fingerprint density at radius 3 is 2.62 bits per heavy atom. The molecule has 1 fully saturated rings. The fourth-order valence-corrected chi connectivity index (χ4v) is 3.66. The minimum absolute atomic E-state index is 0. The van der Waals surface area contributed by atoms with Crippen molar-refractivity contribution in [2.45, 2.75) is 39.2 Å². The van der Waals surface area contributed by atoms with Gasteiger partial charge in [0.2, 0.25) is 0 Å². The van der Waals surface area contributed by atoms with Crippen LogP contribution in [0, 0.1) is 0 Å². The molecule has 0 unspecified atom stereocenters. The van der Waals surface area contributed by atoms with Gasteiger partial charge in [0.1, 0.15) is 12.2 Å². The molecule has 0 saturated carbocycles. The lowest BCUT2D eigenvalue weighted by Gasteiger charge is -2.26. The summed E-state index contributed by atoms with van der Waals surface area (Å²) < 4.78 is 7.52. The van der Waals surface area contributed by atoms with Crippen LogP contribution in [0.2, 0.25) is 0 Å². The average Bonchev–Trinajstić information content (AvgIpc) is 3.28. The molecule has 2 heterocycles. The monoisotopic (exact) mass is 555 g/mol. The second kappa shape index (κ2) is 16.0. The Labute approximate surface area is 209 Å². The van der Waals surface area contributed by atoms with Crippen molar-refractivity contribution in [1.82, 2.24) is 30.3 Å². The van der Waals surface area contributed by atoms with Crippen LogP contribution in [-0.2, 0) is 24.1 Å². The van der Waals surface area contributed by atoms with Crippen molar-refractivity contribution in [2.75, 3.05) is 52.5 Å². The molecule has 3 rings (SSSR count). The molecule has 32 heavy (non-hydrogen) atoms. The summed E-state index contributed by atoms with van der Waals surface area (Å²) in [4.78, 5) is 7.27. The van der Waals surface area contributed by atoms with Crippen LogP contribution >= 0.6 is 24.0 Å². The van der Waals surface area contributed by atoms with Crippen LogP contribution in [0.25, 0.3) is 0 Å². The van der Waals surface area contributed by atoms with E-state index in [-0.39, 0.29) is 24.0 Å². The van der Waals surface area contributed by atoms with Crippen molar-refractivity contribution in [3.05, 3.63) is 48.0 Å². The number of hydrogen-bond donors (Lipinski definition) is 2. The fourth-order valence-electron chi connectivity index (χ4n) is 3.66. The lowest BCUT2D eigenvalue weighted by Crippen LogP contribution is -2.41. The van der Waals surface area contributed by atoms with Crippen molar-refractivity contribution in [1.29, 1.82) is 0 Å². The van der Waals surface area contributed by atoms with Crippen molar-refractivity contribution in [3.8, 4) is 0 Å². The van der Waals surface area contributed by atoms with Gasteiger partial charge in [0.25, 0.3) is 0 Å². The molecule has 1 saturated heterocycles. The normalized spacial score (nSPS) is 14.7. The number of guanidine groups is 1. The van der Waals surface area contributed by atoms with Gasteiger partial charge >= 0.3 is 0 Å². The van der Waals surface area contributed by atoms with Gasteiger partial charge in [-0.15, -0.1) is 34.2 Å². The van der Waals surface area contributed by atoms with Crippen molar-refractivity contribution in [2.24, 2.45) is 4.99 Å². The van der Waals surface area contributed by atoms with Gasteiger partial charge in [-0.3, -0.25) is 9.89 Å². The summed E-state index contributed by atoms with van der Waals surface area (Å²) in [7, 11) is 0. The summed E-state index contributed by atoms with van der Waals surface area (Å²) >= 11 is 0. The number of hydrogen-bond acceptors (Lipinski definition) is 5. The zero-order chi connectivity index (χ0) is 21.6. The van der Waals surface area contributed by atoms with Crippen LogP contribution in [0.1, 0.15) is 31.2 Å². The maximum absolute atomic E-state index is 5.43. The highest BCUT2D eigenvalue weighted by atomic mass is 127. The van der Waals surface area contributed by atoms with Gasteiger partial charge in [-0.05, 0) is 31.4 Å². The summed E-state index contributed by atoms with van der Waals surface area (Å²) in [5.41, 5.74) is 1.37. The molecule has 0 amide bonds. The third-order valence-electron chi connectivity index (χ3n) is 5.44. The van der Waals surface area contributed by atoms with Crippen LogP contribution in [-0.4, -0.2) is 78.1 Å². The highest BCUT2D eigenvalue weighted by Gasteiger charge is 2.09. The number of aryl methyl sites for hydroxylation is 2. The first kappa shape index (κ1) is 26.5. The molecule has 0 bridgehead atoms. The summed E-state index contributed by atoms with van der Waals surface area (Å²) in [6, 6.07) is 10.6. The number of aliphatic imine (C=N–C) groups is 1. The number of rotatable bonds is 12. The summed E-state index contributed by atoms with van der Waals surface area (Å²) in [6.45, 7) is 10.3. The minimum Gasteiger partial charge on any atom is -0.379 e. The van der Waals surface area contributed by atoms with E-state index >= 15 is 0 Å². The summed E-state index contributed by atoms with van der Waals surface area (Å²) in [5, 5.41) is 15.1. The first-order chi connectivity index (χ1) is 15.3. The van der Waals surface area contributed by atoms with Crippen molar-refractivity contribution >= 4 is 29.9 Å².